The number of halogens is 2. The van der Waals surface area contributed by atoms with E-state index in [-0.39, 0.29) is 12.5 Å². The predicted molar refractivity (Wildman–Crippen MR) is 85.2 cm³/mol. The van der Waals surface area contributed by atoms with Crippen LogP contribution in [0.3, 0.4) is 0 Å². The van der Waals surface area contributed by atoms with Crippen molar-refractivity contribution < 1.29 is 23.0 Å². The van der Waals surface area contributed by atoms with Gasteiger partial charge in [-0.3, -0.25) is 4.79 Å². The number of alkyl halides is 2. The number of amides is 1. The minimum Gasteiger partial charge on any atom is -0.497 e. The van der Waals surface area contributed by atoms with Gasteiger partial charge in [0.15, 0.2) is 0 Å². The molecule has 1 atom stereocenters. The van der Waals surface area contributed by atoms with Crippen molar-refractivity contribution in [3.8, 4) is 5.75 Å². The molecule has 1 saturated heterocycles. The lowest BCUT2D eigenvalue weighted by Crippen LogP contribution is -2.45. The Morgan fingerprint density at radius 3 is 2.75 bits per heavy atom. The van der Waals surface area contributed by atoms with Gasteiger partial charge in [0.1, 0.15) is 5.75 Å². The molecule has 1 amide bonds. The minimum atomic E-state index is -2.79. The summed E-state index contributed by atoms with van der Waals surface area (Å²) in [6, 6.07) is 7.65. The number of hydrogen-bond acceptors (Lipinski definition) is 3. The van der Waals surface area contributed by atoms with Crippen molar-refractivity contribution in [1.82, 2.24) is 4.90 Å². The predicted octanol–water partition coefficient (Wildman–Crippen LogP) is 3.35. The van der Waals surface area contributed by atoms with Gasteiger partial charge in [0.2, 0.25) is 5.91 Å². The van der Waals surface area contributed by atoms with Crippen LogP contribution in [0.4, 0.5) is 8.78 Å². The van der Waals surface area contributed by atoms with Crippen LogP contribution in [-0.2, 0) is 14.9 Å². The maximum absolute atomic E-state index is 13.2. The van der Waals surface area contributed by atoms with E-state index in [0.717, 1.165) is 37.0 Å². The summed E-state index contributed by atoms with van der Waals surface area (Å²) in [6.45, 7) is -2.07. The summed E-state index contributed by atoms with van der Waals surface area (Å²) in [5.41, 5.74) is 0.399. The molecule has 132 valence electrons. The van der Waals surface area contributed by atoms with E-state index >= 15 is 0 Å². The molecule has 1 aliphatic carbocycles. The summed E-state index contributed by atoms with van der Waals surface area (Å²) in [7, 11) is 1.61. The van der Waals surface area contributed by atoms with Crippen LogP contribution < -0.4 is 4.74 Å². The van der Waals surface area contributed by atoms with Crippen LogP contribution in [-0.4, -0.2) is 43.7 Å². The van der Waals surface area contributed by atoms with Gasteiger partial charge in [-0.05, 0) is 37.0 Å². The van der Waals surface area contributed by atoms with Crippen molar-refractivity contribution in [3.05, 3.63) is 29.8 Å². The van der Waals surface area contributed by atoms with E-state index in [1.54, 1.807) is 12.0 Å². The van der Waals surface area contributed by atoms with Crippen LogP contribution in [0.5, 0.6) is 5.75 Å². The number of carbonyl (C=O) groups excluding carboxylic acids is 1. The molecule has 3 rings (SSSR count). The van der Waals surface area contributed by atoms with Crippen molar-refractivity contribution in [2.75, 3.05) is 20.2 Å². The number of rotatable bonds is 5. The Morgan fingerprint density at radius 1 is 1.33 bits per heavy atom. The highest BCUT2D eigenvalue weighted by Crippen LogP contribution is 2.44. The average Bonchev–Trinajstić information content (AvgIpc) is 3.24. The molecule has 0 bridgehead atoms. The third kappa shape index (κ3) is 3.24. The smallest absolute Gasteiger partial charge is 0.345 e. The number of benzene rings is 1. The van der Waals surface area contributed by atoms with Gasteiger partial charge in [-0.1, -0.05) is 25.0 Å². The molecule has 2 fully saturated rings. The quantitative estimate of drug-likeness (QED) is 0.826. The fraction of sp³-hybridized carbons (Fsp3) is 0.611. The highest BCUT2D eigenvalue weighted by atomic mass is 19.3. The molecule has 2 aliphatic rings. The zero-order valence-electron chi connectivity index (χ0n) is 13.8. The Hall–Kier alpha value is -1.69. The lowest BCUT2D eigenvalue weighted by molar-refractivity contribution is -0.161. The number of carbonyl (C=O) groups is 1. The normalized spacial score (nSPS) is 23.0. The summed E-state index contributed by atoms with van der Waals surface area (Å²) >= 11 is 0. The first kappa shape index (κ1) is 17.1. The second kappa shape index (κ2) is 7.05. The van der Waals surface area contributed by atoms with Crippen molar-refractivity contribution >= 4 is 5.91 Å². The van der Waals surface area contributed by atoms with Gasteiger partial charge in [-0.25, -0.2) is 0 Å². The second-order valence-electron chi connectivity index (χ2n) is 6.58. The summed E-state index contributed by atoms with van der Waals surface area (Å²) in [4.78, 5) is 14.9. The van der Waals surface area contributed by atoms with E-state index in [1.165, 1.54) is 0 Å². The summed E-state index contributed by atoms with van der Waals surface area (Å²) < 4.78 is 34.7. The third-order valence-electron chi connectivity index (χ3n) is 5.22. The first-order valence-corrected chi connectivity index (χ1v) is 8.43. The maximum Gasteiger partial charge on any atom is 0.345 e. The number of likely N-dealkylation sites (tertiary alicyclic amines) is 1. The van der Waals surface area contributed by atoms with Crippen molar-refractivity contribution in [3.63, 3.8) is 0 Å². The highest BCUT2D eigenvalue weighted by Gasteiger charge is 2.46. The Morgan fingerprint density at radius 2 is 2.08 bits per heavy atom. The fourth-order valence-corrected chi connectivity index (χ4v) is 4.00. The zero-order valence-corrected chi connectivity index (χ0v) is 13.8. The van der Waals surface area contributed by atoms with Crippen LogP contribution >= 0.6 is 0 Å². The Bertz CT molecular complexity index is 587. The molecule has 1 aromatic rings. The highest BCUT2D eigenvalue weighted by molar-refractivity contribution is 5.89. The minimum absolute atomic E-state index is 0.0358. The van der Waals surface area contributed by atoms with Crippen LogP contribution in [0.15, 0.2) is 24.3 Å². The first-order chi connectivity index (χ1) is 11.5. The molecule has 4 nitrogen and oxygen atoms in total. The molecule has 1 aliphatic heterocycles. The molecule has 0 radical (unpaired) electrons. The number of nitrogens with zero attached hydrogens (tertiary/aromatic N) is 1. The average molecular weight is 339 g/mol. The fourth-order valence-electron chi connectivity index (χ4n) is 4.00. The van der Waals surface area contributed by atoms with Crippen LogP contribution in [0.2, 0.25) is 0 Å². The van der Waals surface area contributed by atoms with Gasteiger partial charge in [-0.2, -0.15) is 8.78 Å². The first-order valence-electron chi connectivity index (χ1n) is 8.43. The van der Waals surface area contributed by atoms with E-state index in [9.17, 15) is 13.6 Å². The molecule has 0 aromatic heterocycles. The monoisotopic (exact) mass is 339 g/mol. The van der Waals surface area contributed by atoms with Crippen LogP contribution in [0.1, 0.15) is 37.7 Å². The van der Waals surface area contributed by atoms with Gasteiger partial charge in [0.05, 0.1) is 18.6 Å². The largest absolute Gasteiger partial charge is 0.497 e. The Labute approximate surface area is 140 Å². The number of methoxy groups -OCH3 is 1. The van der Waals surface area contributed by atoms with Crippen LogP contribution in [0, 0.1) is 0 Å². The second-order valence-corrected chi connectivity index (χ2v) is 6.58. The van der Waals surface area contributed by atoms with Crippen molar-refractivity contribution in [2.45, 2.75) is 50.2 Å². The zero-order chi connectivity index (χ0) is 17.2. The lowest BCUT2D eigenvalue weighted by Gasteiger charge is -2.33. The third-order valence-corrected chi connectivity index (χ3v) is 5.22. The molecule has 0 unspecified atom stereocenters. The Kier molecular flexibility index (Phi) is 5.04. The van der Waals surface area contributed by atoms with Gasteiger partial charge >= 0.3 is 6.61 Å². The van der Waals surface area contributed by atoms with Crippen molar-refractivity contribution in [1.29, 1.82) is 0 Å². The lowest BCUT2D eigenvalue weighted by atomic mass is 9.77. The summed E-state index contributed by atoms with van der Waals surface area (Å²) in [5, 5.41) is 0. The van der Waals surface area contributed by atoms with Gasteiger partial charge in [0.25, 0.3) is 0 Å². The molecular formula is C18H23F2NO3. The van der Waals surface area contributed by atoms with Gasteiger partial charge < -0.3 is 14.4 Å². The standard InChI is InChI=1S/C18H23F2NO3/c1-23-14-6-4-5-13(11-14)18(8-2-3-9-18)16(22)21-10-7-15(12-21)24-17(19)20/h4-6,11,15,17H,2-3,7-10,12H2,1H3/t15-/m0/s1. The van der Waals surface area contributed by atoms with Gasteiger partial charge in [0, 0.05) is 13.1 Å². The molecule has 1 heterocycles. The van der Waals surface area contributed by atoms with E-state index in [1.807, 2.05) is 24.3 Å². The van der Waals surface area contributed by atoms with Crippen LogP contribution in [0.25, 0.3) is 0 Å². The molecular weight excluding hydrogens is 316 g/mol. The Balaban J connectivity index is 1.81. The van der Waals surface area contributed by atoms with Gasteiger partial charge in [-0.15, -0.1) is 0 Å². The summed E-state index contributed by atoms with van der Waals surface area (Å²) in [6.07, 6.45) is 3.45. The molecule has 24 heavy (non-hydrogen) atoms. The maximum atomic E-state index is 13.2. The van der Waals surface area contributed by atoms with E-state index in [4.69, 9.17) is 4.74 Å². The molecule has 6 heteroatoms. The molecule has 1 aromatic carbocycles. The molecule has 0 spiro atoms. The topological polar surface area (TPSA) is 38.8 Å². The van der Waals surface area contributed by atoms with Crippen molar-refractivity contribution in [2.24, 2.45) is 0 Å². The van der Waals surface area contributed by atoms with E-state index < -0.39 is 18.1 Å². The molecule has 1 saturated carbocycles. The summed E-state index contributed by atoms with van der Waals surface area (Å²) in [5.74, 6) is 0.764. The van der Waals surface area contributed by atoms with E-state index in [0.29, 0.717) is 13.0 Å². The number of hydrogen-bond donors (Lipinski definition) is 0. The SMILES string of the molecule is COc1cccc(C2(C(=O)N3CC[C@H](OC(F)F)C3)CCCC2)c1. The molecule has 0 N–H and O–H groups in total. The number of ether oxygens (including phenoxy) is 2. The van der Waals surface area contributed by atoms with E-state index in [2.05, 4.69) is 4.74 Å².